The van der Waals surface area contributed by atoms with E-state index in [0.29, 0.717) is 30.4 Å². The van der Waals surface area contributed by atoms with Crippen LogP contribution in [0.2, 0.25) is 0 Å². The van der Waals surface area contributed by atoms with Crippen molar-refractivity contribution in [1.82, 2.24) is 4.98 Å². The summed E-state index contributed by atoms with van der Waals surface area (Å²) < 4.78 is 16.6. The van der Waals surface area contributed by atoms with Gasteiger partial charge in [0.2, 0.25) is 0 Å². The highest BCUT2D eigenvalue weighted by Gasteiger charge is 2.11. The van der Waals surface area contributed by atoms with E-state index in [2.05, 4.69) is 78.8 Å². The molecule has 0 atom stereocenters. The van der Waals surface area contributed by atoms with Gasteiger partial charge in [-0.25, -0.2) is 4.79 Å². The Hall–Kier alpha value is -3.64. The fraction of sp³-hybridized carbons (Fsp3) is 0.312. The third-order valence-corrected chi connectivity index (χ3v) is 7.40. The second-order valence-corrected chi connectivity index (χ2v) is 10.3. The number of rotatable bonds is 13. The molecule has 0 N–H and O–H groups in total. The molecule has 0 bridgehead atoms. The first-order valence-corrected chi connectivity index (χ1v) is 14.0. The number of carbonyl (C=O) groups is 1. The number of pyridine rings is 1. The number of nitrogens with zero attached hydrogens (tertiary/aromatic N) is 1. The Kier molecular flexibility index (Phi) is 9.93. The summed E-state index contributed by atoms with van der Waals surface area (Å²) in [6.45, 7) is 5.45. The number of hydrogen-bond acceptors (Lipinski definition) is 6. The van der Waals surface area contributed by atoms with E-state index in [4.69, 9.17) is 14.2 Å². The summed E-state index contributed by atoms with van der Waals surface area (Å²) in [7, 11) is 1.34. The molecular weight excluding hydrogens is 494 g/mol. The molecule has 38 heavy (non-hydrogen) atoms. The van der Waals surface area contributed by atoms with Gasteiger partial charge in [0.15, 0.2) is 0 Å². The van der Waals surface area contributed by atoms with E-state index in [1.54, 1.807) is 23.6 Å². The Morgan fingerprint density at radius 1 is 0.842 bits per heavy atom. The van der Waals surface area contributed by atoms with Crippen molar-refractivity contribution in [2.75, 3.05) is 7.11 Å². The van der Waals surface area contributed by atoms with Crippen LogP contribution in [-0.2, 0) is 18.0 Å². The van der Waals surface area contributed by atoms with E-state index in [0.717, 1.165) is 27.3 Å². The van der Waals surface area contributed by atoms with Crippen LogP contribution in [0.5, 0.6) is 11.5 Å². The van der Waals surface area contributed by atoms with Gasteiger partial charge in [0.25, 0.3) is 0 Å². The summed E-state index contributed by atoms with van der Waals surface area (Å²) in [6, 6.07) is 20.9. The molecule has 198 valence electrons. The van der Waals surface area contributed by atoms with E-state index in [1.807, 2.05) is 0 Å². The third kappa shape index (κ3) is 7.45. The summed E-state index contributed by atoms with van der Waals surface area (Å²) in [6.07, 6.45) is 7.95. The molecule has 0 saturated heterocycles. The smallest absolute Gasteiger partial charge is 0.339 e. The van der Waals surface area contributed by atoms with Gasteiger partial charge < -0.3 is 14.2 Å². The molecule has 0 amide bonds. The maximum atomic E-state index is 11.7. The normalized spacial score (nSPS) is 10.9. The second kappa shape index (κ2) is 13.8. The minimum atomic E-state index is -0.434. The minimum absolute atomic E-state index is 0.366. The third-order valence-electron chi connectivity index (χ3n) is 6.49. The van der Waals surface area contributed by atoms with Crippen LogP contribution in [0.4, 0.5) is 0 Å². The fourth-order valence-electron chi connectivity index (χ4n) is 4.46. The number of esters is 1. The van der Waals surface area contributed by atoms with Crippen molar-refractivity contribution in [3.05, 3.63) is 100 Å². The van der Waals surface area contributed by atoms with Gasteiger partial charge in [-0.15, -0.1) is 11.3 Å². The summed E-state index contributed by atoms with van der Waals surface area (Å²) in [5.41, 5.74) is 5.20. The Morgan fingerprint density at radius 3 is 2.24 bits per heavy atom. The van der Waals surface area contributed by atoms with Crippen molar-refractivity contribution in [1.29, 1.82) is 0 Å². The standard InChI is InChI=1S/C32H35NO4S/c1-4-6-24(7-5-2)25-12-14-29(15-13-25)36-20-23-8-10-26(11-9-23)28-17-31(38-22-28)21-37-30-16-27(18-33-19-30)32(34)35-3/h8-19,22,24H,4-7,20-21H2,1-3H3. The molecule has 6 heteroatoms. The minimum Gasteiger partial charge on any atom is -0.489 e. The van der Waals surface area contributed by atoms with Gasteiger partial charge in [-0.2, -0.15) is 0 Å². The molecule has 0 spiro atoms. The summed E-state index contributed by atoms with van der Waals surface area (Å²) in [5, 5.41) is 2.12. The van der Waals surface area contributed by atoms with Gasteiger partial charge in [-0.1, -0.05) is 63.1 Å². The van der Waals surface area contributed by atoms with Gasteiger partial charge in [0.1, 0.15) is 24.7 Å². The summed E-state index contributed by atoms with van der Waals surface area (Å²) in [4.78, 5) is 16.8. The van der Waals surface area contributed by atoms with E-state index >= 15 is 0 Å². The van der Waals surface area contributed by atoms with Crippen LogP contribution >= 0.6 is 11.3 Å². The van der Waals surface area contributed by atoms with Gasteiger partial charge in [0.05, 0.1) is 18.9 Å². The number of benzene rings is 2. The van der Waals surface area contributed by atoms with Crippen LogP contribution in [0.15, 0.2) is 78.4 Å². The van der Waals surface area contributed by atoms with Crippen LogP contribution in [0, 0.1) is 0 Å². The first-order valence-electron chi connectivity index (χ1n) is 13.1. The molecule has 0 saturated carbocycles. The van der Waals surface area contributed by atoms with Crippen LogP contribution < -0.4 is 9.47 Å². The Bertz CT molecular complexity index is 1290. The predicted octanol–water partition coefficient (Wildman–Crippen LogP) is 8.44. The number of ether oxygens (including phenoxy) is 3. The van der Waals surface area contributed by atoms with Crippen LogP contribution in [0.3, 0.4) is 0 Å². The molecule has 0 aliphatic rings. The van der Waals surface area contributed by atoms with Crippen LogP contribution in [0.25, 0.3) is 11.1 Å². The molecule has 2 heterocycles. The number of aromatic nitrogens is 1. The lowest BCUT2D eigenvalue weighted by Gasteiger charge is -2.16. The molecule has 2 aromatic carbocycles. The quantitative estimate of drug-likeness (QED) is 0.163. The largest absolute Gasteiger partial charge is 0.489 e. The highest BCUT2D eigenvalue weighted by molar-refractivity contribution is 7.10. The fourth-order valence-corrected chi connectivity index (χ4v) is 5.26. The molecule has 4 rings (SSSR count). The lowest BCUT2D eigenvalue weighted by Crippen LogP contribution is -2.02. The molecule has 0 aliphatic carbocycles. The predicted molar refractivity (Wildman–Crippen MR) is 153 cm³/mol. The highest BCUT2D eigenvalue weighted by Crippen LogP contribution is 2.29. The molecule has 0 unspecified atom stereocenters. The van der Waals surface area contributed by atoms with E-state index in [9.17, 15) is 4.79 Å². The first kappa shape index (κ1) is 27.4. The van der Waals surface area contributed by atoms with Crippen molar-refractivity contribution in [2.45, 2.75) is 58.7 Å². The monoisotopic (exact) mass is 529 g/mol. The number of carbonyl (C=O) groups excluding carboxylic acids is 1. The van der Waals surface area contributed by atoms with Gasteiger partial charge in [-0.05, 0) is 70.7 Å². The first-order chi connectivity index (χ1) is 18.6. The lowest BCUT2D eigenvalue weighted by atomic mass is 9.90. The highest BCUT2D eigenvalue weighted by atomic mass is 32.1. The second-order valence-electron chi connectivity index (χ2n) is 9.32. The molecule has 0 fully saturated rings. The van der Waals surface area contributed by atoms with Crippen molar-refractivity contribution in [2.24, 2.45) is 0 Å². The molecule has 4 aromatic rings. The summed E-state index contributed by atoms with van der Waals surface area (Å²) in [5.74, 6) is 1.64. The molecule has 0 radical (unpaired) electrons. The zero-order valence-corrected chi connectivity index (χ0v) is 23.1. The zero-order valence-electron chi connectivity index (χ0n) is 22.3. The molecule has 2 aromatic heterocycles. The van der Waals surface area contributed by atoms with E-state index in [1.165, 1.54) is 44.6 Å². The van der Waals surface area contributed by atoms with Crippen molar-refractivity contribution >= 4 is 17.3 Å². The topological polar surface area (TPSA) is 57.7 Å². The Labute approximate surface area is 229 Å². The molecule has 0 aliphatic heterocycles. The van der Waals surface area contributed by atoms with Crippen molar-refractivity contribution in [3.63, 3.8) is 0 Å². The average Bonchev–Trinajstić information content (AvgIpc) is 3.44. The Morgan fingerprint density at radius 2 is 1.55 bits per heavy atom. The van der Waals surface area contributed by atoms with Crippen LogP contribution in [-0.4, -0.2) is 18.1 Å². The summed E-state index contributed by atoms with van der Waals surface area (Å²) >= 11 is 1.64. The molecular formula is C32H35NO4S. The van der Waals surface area contributed by atoms with Gasteiger partial charge >= 0.3 is 5.97 Å². The van der Waals surface area contributed by atoms with Gasteiger partial charge in [-0.3, -0.25) is 4.98 Å². The number of thiophene rings is 1. The van der Waals surface area contributed by atoms with E-state index < -0.39 is 5.97 Å². The number of methoxy groups -OCH3 is 1. The maximum absolute atomic E-state index is 11.7. The van der Waals surface area contributed by atoms with E-state index in [-0.39, 0.29) is 0 Å². The van der Waals surface area contributed by atoms with Gasteiger partial charge in [0, 0.05) is 11.1 Å². The zero-order chi connectivity index (χ0) is 26.7. The SMILES string of the molecule is CCCC(CCC)c1ccc(OCc2ccc(-c3csc(COc4cncc(C(=O)OC)c4)c3)cc2)cc1. The average molecular weight is 530 g/mol. The lowest BCUT2D eigenvalue weighted by molar-refractivity contribution is 0.0599. The molecule has 5 nitrogen and oxygen atoms in total. The van der Waals surface area contributed by atoms with Crippen LogP contribution in [0.1, 0.15) is 71.8 Å². The van der Waals surface area contributed by atoms with Crippen molar-refractivity contribution in [3.8, 4) is 22.6 Å². The Balaban J connectivity index is 1.30. The number of hydrogen-bond donors (Lipinski definition) is 0. The van der Waals surface area contributed by atoms with Crippen molar-refractivity contribution < 1.29 is 19.0 Å². The maximum Gasteiger partial charge on any atom is 0.339 e.